The molecule has 7 nitrogen and oxygen atoms in total. The predicted octanol–water partition coefficient (Wildman–Crippen LogP) is 3.09. The number of anilines is 1. The molecule has 0 aliphatic carbocycles. The molecule has 1 amide bonds. The van der Waals surface area contributed by atoms with Gasteiger partial charge in [0.15, 0.2) is 18.2 Å². The van der Waals surface area contributed by atoms with Crippen molar-refractivity contribution < 1.29 is 33.0 Å². The van der Waals surface area contributed by atoms with Gasteiger partial charge in [0.05, 0.1) is 25.3 Å². The summed E-state index contributed by atoms with van der Waals surface area (Å²) in [6.07, 6.45) is 0. The lowest BCUT2D eigenvalue weighted by Crippen LogP contribution is -2.21. The third kappa shape index (κ3) is 4.62. The first-order chi connectivity index (χ1) is 12.8. The third-order valence-electron chi connectivity index (χ3n) is 3.75. The highest BCUT2D eigenvalue weighted by Gasteiger charge is 2.22. The summed E-state index contributed by atoms with van der Waals surface area (Å²) in [4.78, 5) is 36.8. The molecule has 1 N–H and O–H groups in total. The van der Waals surface area contributed by atoms with Gasteiger partial charge in [0.1, 0.15) is 5.00 Å². The second kappa shape index (κ2) is 8.63. The highest BCUT2D eigenvalue weighted by molar-refractivity contribution is 7.16. The molecular weight excluding hydrogens is 377 g/mol. The Kier molecular flexibility index (Phi) is 6.51. The Morgan fingerprint density at radius 2 is 1.85 bits per heavy atom. The van der Waals surface area contributed by atoms with Gasteiger partial charge < -0.3 is 19.5 Å². The standard InChI is InChI=1S/C18H18FNO6S/c1-9-10(2)27-16(15(9)18(23)25-4)20-14(21)8-26-17(22)11-5-6-13(24-3)12(19)7-11/h5-7H,8H2,1-4H3,(H,20,21). The Balaban J connectivity index is 2.03. The van der Waals surface area contributed by atoms with Crippen LogP contribution in [0.1, 0.15) is 31.2 Å². The molecule has 1 heterocycles. The fourth-order valence-electron chi connectivity index (χ4n) is 2.23. The second-order valence-electron chi connectivity index (χ2n) is 5.45. The predicted molar refractivity (Wildman–Crippen MR) is 97.0 cm³/mol. The fraction of sp³-hybridized carbons (Fsp3) is 0.278. The van der Waals surface area contributed by atoms with Crippen LogP contribution in [0.5, 0.6) is 5.75 Å². The molecule has 1 aromatic carbocycles. The lowest BCUT2D eigenvalue weighted by atomic mass is 10.1. The molecule has 0 atom stereocenters. The maximum atomic E-state index is 13.6. The van der Waals surface area contributed by atoms with E-state index in [1.807, 2.05) is 0 Å². The number of methoxy groups -OCH3 is 2. The minimum atomic E-state index is -0.863. The molecule has 2 rings (SSSR count). The Labute approximate surface area is 159 Å². The zero-order valence-electron chi connectivity index (χ0n) is 15.2. The molecule has 2 aromatic rings. The van der Waals surface area contributed by atoms with Crippen LogP contribution in [0.25, 0.3) is 0 Å². The second-order valence-corrected chi connectivity index (χ2v) is 6.68. The molecule has 9 heteroatoms. The molecule has 0 unspecified atom stereocenters. The fourth-order valence-corrected chi connectivity index (χ4v) is 3.30. The van der Waals surface area contributed by atoms with E-state index in [1.165, 1.54) is 37.7 Å². The number of carbonyl (C=O) groups excluding carboxylic acids is 3. The summed E-state index contributed by atoms with van der Waals surface area (Å²) in [6, 6.07) is 3.57. The molecule has 144 valence electrons. The number of rotatable bonds is 6. The quantitative estimate of drug-likeness (QED) is 0.756. The van der Waals surface area contributed by atoms with E-state index in [0.29, 0.717) is 10.6 Å². The number of benzene rings is 1. The minimum absolute atomic E-state index is 0.0110. The molecule has 27 heavy (non-hydrogen) atoms. The van der Waals surface area contributed by atoms with Gasteiger partial charge in [-0.3, -0.25) is 4.79 Å². The van der Waals surface area contributed by atoms with E-state index >= 15 is 0 Å². The van der Waals surface area contributed by atoms with E-state index in [4.69, 9.17) is 14.2 Å². The summed E-state index contributed by atoms with van der Waals surface area (Å²) in [7, 11) is 2.55. The number of amides is 1. The van der Waals surface area contributed by atoms with Gasteiger partial charge in [-0.25, -0.2) is 14.0 Å². The van der Waals surface area contributed by atoms with Gasteiger partial charge >= 0.3 is 11.9 Å². The number of hydrogen-bond donors (Lipinski definition) is 1. The van der Waals surface area contributed by atoms with Gasteiger partial charge in [-0.05, 0) is 37.6 Å². The summed E-state index contributed by atoms with van der Waals surface area (Å²) >= 11 is 1.21. The van der Waals surface area contributed by atoms with E-state index in [0.717, 1.165) is 10.9 Å². The van der Waals surface area contributed by atoms with Crippen molar-refractivity contribution in [1.29, 1.82) is 0 Å². The molecule has 0 saturated carbocycles. The zero-order chi connectivity index (χ0) is 20.1. The molecule has 0 spiro atoms. The van der Waals surface area contributed by atoms with Crippen molar-refractivity contribution >= 4 is 34.2 Å². The lowest BCUT2D eigenvalue weighted by molar-refractivity contribution is -0.119. The Hall–Kier alpha value is -2.94. The van der Waals surface area contributed by atoms with Crippen LogP contribution in [0, 0.1) is 19.7 Å². The topological polar surface area (TPSA) is 90.9 Å². The lowest BCUT2D eigenvalue weighted by Gasteiger charge is -2.08. The first kappa shape index (κ1) is 20.4. The summed E-state index contributed by atoms with van der Waals surface area (Å²) in [6.45, 7) is 2.95. The van der Waals surface area contributed by atoms with Gasteiger partial charge in [0.25, 0.3) is 5.91 Å². The van der Waals surface area contributed by atoms with Crippen molar-refractivity contribution in [2.75, 3.05) is 26.1 Å². The van der Waals surface area contributed by atoms with Gasteiger partial charge in [-0.15, -0.1) is 11.3 Å². The van der Waals surface area contributed by atoms with Gasteiger partial charge in [0, 0.05) is 4.88 Å². The Morgan fingerprint density at radius 3 is 2.44 bits per heavy atom. The first-order valence-electron chi connectivity index (χ1n) is 7.77. The van der Waals surface area contributed by atoms with Crippen LogP contribution in [0.2, 0.25) is 0 Å². The maximum absolute atomic E-state index is 13.6. The van der Waals surface area contributed by atoms with Crippen molar-refractivity contribution in [2.24, 2.45) is 0 Å². The zero-order valence-corrected chi connectivity index (χ0v) is 16.0. The molecule has 0 fully saturated rings. The highest BCUT2D eigenvalue weighted by Crippen LogP contribution is 2.32. The number of aryl methyl sites for hydroxylation is 1. The summed E-state index contributed by atoms with van der Waals surface area (Å²) < 4.78 is 28.0. The number of carbonyl (C=O) groups is 3. The molecular formula is C18H18FNO6S. The average molecular weight is 395 g/mol. The summed E-state index contributed by atoms with van der Waals surface area (Å²) in [5.74, 6) is -2.80. The number of nitrogens with one attached hydrogen (secondary N) is 1. The van der Waals surface area contributed by atoms with Crippen LogP contribution in [0.3, 0.4) is 0 Å². The smallest absolute Gasteiger partial charge is 0.341 e. The molecule has 0 bridgehead atoms. The minimum Gasteiger partial charge on any atom is -0.494 e. The molecule has 0 saturated heterocycles. The first-order valence-corrected chi connectivity index (χ1v) is 8.59. The van der Waals surface area contributed by atoms with Crippen LogP contribution >= 0.6 is 11.3 Å². The van der Waals surface area contributed by atoms with Crippen LogP contribution in [0.15, 0.2) is 18.2 Å². The van der Waals surface area contributed by atoms with Crippen LogP contribution in [-0.4, -0.2) is 38.7 Å². The molecule has 0 aliphatic rings. The normalized spacial score (nSPS) is 10.3. The van der Waals surface area contributed by atoms with Crippen molar-refractivity contribution in [3.05, 3.63) is 45.6 Å². The monoisotopic (exact) mass is 395 g/mol. The average Bonchev–Trinajstić information content (AvgIpc) is 2.92. The van der Waals surface area contributed by atoms with E-state index in [1.54, 1.807) is 13.8 Å². The number of thiophene rings is 1. The van der Waals surface area contributed by atoms with E-state index in [-0.39, 0.29) is 16.9 Å². The Morgan fingerprint density at radius 1 is 1.15 bits per heavy atom. The summed E-state index contributed by atoms with van der Waals surface area (Å²) in [5, 5.41) is 2.84. The number of hydrogen-bond acceptors (Lipinski definition) is 7. The summed E-state index contributed by atoms with van der Waals surface area (Å²) in [5.41, 5.74) is 0.906. The van der Waals surface area contributed by atoms with E-state index in [2.05, 4.69) is 5.32 Å². The SMILES string of the molecule is COC(=O)c1c(NC(=O)COC(=O)c2ccc(OC)c(F)c2)sc(C)c1C. The van der Waals surface area contributed by atoms with Crippen LogP contribution < -0.4 is 10.1 Å². The number of ether oxygens (including phenoxy) is 3. The van der Waals surface area contributed by atoms with Crippen molar-refractivity contribution in [2.45, 2.75) is 13.8 Å². The third-order valence-corrected chi connectivity index (χ3v) is 4.87. The maximum Gasteiger partial charge on any atom is 0.341 e. The van der Waals surface area contributed by atoms with Crippen LogP contribution in [-0.2, 0) is 14.3 Å². The van der Waals surface area contributed by atoms with Gasteiger partial charge in [-0.2, -0.15) is 0 Å². The van der Waals surface area contributed by atoms with Gasteiger partial charge in [-0.1, -0.05) is 0 Å². The van der Waals surface area contributed by atoms with E-state index in [9.17, 15) is 18.8 Å². The van der Waals surface area contributed by atoms with Crippen molar-refractivity contribution in [3.8, 4) is 5.75 Å². The largest absolute Gasteiger partial charge is 0.494 e. The van der Waals surface area contributed by atoms with E-state index < -0.39 is 30.3 Å². The molecule has 0 radical (unpaired) electrons. The highest BCUT2D eigenvalue weighted by atomic mass is 32.1. The number of esters is 2. The van der Waals surface area contributed by atoms with Crippen molar-refractivity contribution in [3.63, 3.8) is 0 Å². The van der Waals surface area contributed by atoms with Gasteiger partial charge in [0.2, 0.25) is 0 Å². The number of halogens is 1. The van der Waals surface area contributed by atoms with Crippen LogP contribution in [0.4, 0.5) is 9.39 Å². The molecule has 0 aliphatic heterocycles. The van der Waals surface area contributed by atoms with Crippen molar-refractivity contribution in [1.82, 2.24) is 0 Å². The molecule has 1 aromatic heterocycles. The Bertz CT molecular complexity index is 892.